The van der Waals surface area contributed by atoms with Gasteiger partial charge in [-0.15, -0.1) is 0 Å². The van der Waals surface area contributed by atoms with Gasteiger partial charge in [-0.1, -0.05) is 24.3 Å². The average Bonchev–Trinajstić information content (AvgIpc) is 2.64. The number of hydrogen-bond donors (Lipinski definition) is 1. The topological polar surface area (TPSA) is 106 Å². The molecule has 0 radical (unpaired) electrons. The van der Waals surface area contributed by atoms with Gasteiger partial charge in [-0.05, 0) is 11.5 Å². The second-order valence-corrected chi connectivity index (χ2v) is 5.11. The fourth-order valence-electron chi connectivity index (χ4n) is 2.95. The van der Waals surface area contributed by atoms with Crippen molar-refractivity contribution in [2.75, 3.05) is 0 Å². The fourth-order valence-corrected chi connectivity index (χ4v) is 2.95. The Morgan fingerprint density at radius 1 is 0.720 bits per heavy atom. The van der Waals surface area contributed by atoms with Crippen molar-refractivity contribution in [2.24, 2.45) is 0 Å². The lowest BCUT2D eigenvalue weighted by atomic mass is 9.94. The average molecular weight is 330 g/mol. The number of benzene rings is 3. The molecule has 0 atom stereocenters. The van der Waals surface area contributed by atoms with Gasteiger partial charge in [0.05, 0.1) is 26.4 Å². The molecule has 25 heavy (non-hydrogen) atoms. The zero-order chi connectivity index (χ0) is 18.1. The Hall–Kier alpha value is -4.03. The van der Waals surface area contributed by atoms with E-state index < -0.39 is 16.4 Å². The summed E-state index contributed by atoms with van der Waals surface area (Å²) in [5, 5.41) is 8.61. The third-order valence-corrected chi connectivity index (χ3v) is 3.95. The van der Waals surface area contributed by atoms with Crippen LogP contribution in [0.25, 0.3) is 21.5 Å². The lowest BCUT2D eigenvalue weighted by Gasteiger charge is -2.07. The Morgan fingerprint density at radius 3 is 1.88 bits per heavy atom. The monoisotopic (exact) mass is 330 g/mol. The van der Waals surface area contributed by atoms with E-state index in [2.05, 4.69) is 0 Å². The van der Waals surface area contributed by atoms with Gasteiger partial charge in [-0.25, -0.2) is 24.0 Å². The lowest BCUT2D eigenvalue weighted by molar-refractivity contribution is 0.0699. The number of fused-ring (bicyclic) bond motifs is 3. The predicted octanol–water partition coefficient (Wildman–Crippen LogP) is -2.30. The van der Waals surface area contributed by atoms with Crippen LogP contribution in [0.2, 0.25) is 0 Å². The van der Waals surface area contributed by atoms with Crippen molar-refractivity contribution in [1.29, 1.82) is 0 Å². The highest BCUT2D eigenvalue weighted by Gasteiger charge is 2.15. The fraction of sp³-hybridized carbons (Fsp3) is 0. The third kappa shape index (κ3) is 2.13. The molecule has 0 spiro atoms. The van der Waals surface area contributed by atoms with Crippen molar-refractivity contribution in [3.05, 3.63) is 56.8 Å². The molecule has 0 aliphatic heterocycles. The smallest absolute Gasteiger partial charge is 0.336 e. The van der Waals surface area contributed by atoms with Crippen LogP contribution in [-0.2, 0) is 19.2 Å². The molecule has 6 nitrogen and oxygen atoms in total. The van der Waals surface area contributed by atoms with Crippen molar-refractivity contribution in [1.82, 2.24) is 0 Å². The van der Waals surface area contributed by atoms with E-state index in [4.69, 9.17) is 0 Å². The maximum Gasteiger partial charge on any atom is 0.336 e. The van der Waals surface area contributed by atoms with Crippen LogP contribution in [0.4, 0.5) is 0 Å². The van der Waals surface area contributed by atoms with Crippen molar-refractivity contribution < 1.29 is 29.1 Å². The standard InChI is InChI=1S/C19H6O6/c20-6-13-11-5-4-10-2-1-3-12(19(24)25)17(10)18(11)16(9-23)15(8-22)14(13)7-21/h1-5H,(H,24,25). The van der Waals surface area contributed by atoms with Gasteiger partial charge in [0.25, 0.3) is 0 Å². The summed E-state index contributed by atoms with van der Waals surface area (Å²) in [5.74, 6) is 4.76. The van der Waals surface area contributed by atoms with Crippen LogP contribution in [0.15, 0.2) is 30.3 Å². The summed E-state index contributed by atoms with van der Waals surface area (Å²) < 4.78 is 0. The van der Waals surface area contributed by atoms with E-state index in [1.54, 1.807) is 24.0 Å². The largest absolute Gasteiger partial charge is 0.478 e. The lowest BCUT2D eigenvalue weighted by Crippen LogP contribution is -2.51. The van der Waals surface area contributed by atoms with E-state index >= 15 is 0 Å². The molecule has 0 aliphatic rings. The second-order valence-electron chi connectivity index (χ2n) is 5.11. The summed E-state index contributed by atoms with van der Waals surface area (Å²) in [6.07, 6.45) is 0. The molecule has 118 valence electrons. The normalized spacial score (nSPS) is 9.92. The Balaban J connectivity index is 3.05. The molecule has 0 aliphatic carbocycles. The van der Waals surface area contributed by atoms with Gasteiger partial charge in [0.15, 0.2) is 0 Å². The molecule has 0 unspecified atom stereocenters. The van der Waals surface area contributed by atoms with Crippen LogP contribution < -0.4 is 20.9 Å². The van der Waals surface area contributed by atoms with E-state index in [1.165, 1.54) is 30.1 Å². The maximum atomic E-state index is 11.6. The van der Waals surface area contributed by atoms with Gasteiger partial charge in [0.2, 0.25) is 0 Å². The molecule has 3 aromatic carbocycles. The van der Waals surface area contributed by atoms with Gasteiger partial charge in [0.1, 0.15) is 23.8 Å². The summed E-state index contributed by atoms with van der Waals surface area (Å²) in [7, 11) is 0. The Kier molecular flexibility index (Phi) is 3.73. The summed E-state index contributed by atoms with van der Waals surface area (Å²) in [5.41, 5.74) is -0.129. The van der Waals surface area contributed by atoms with E-state index in [0.29, 0.717) is 5.39 Å². The first-order chi connectivity index (χ1) is 12.1. The molecule has 0 heterocycles. The van der Waals surface area contributed by atoms with Crippen molar-refractivity contribution in [3.63, 3.8) is 0 Å². The highest BCUT2D eigenvalue weighted by atomic mass is 16.4. The Bertz CT molecular complexity index is 1430. The molecule has 0 aromatic heterocycles. The van der Waals surface area contributed by atoms with Crippen LogP contribution in [0, 0.1) is 0 Å². The SMILES string of the molecule is O=C=c1c(=C=O)c(=C=O)c2c(ccc3cccc(C(=O)O)c32)c1=C=O. The minimum absolute atomic E-state index is 0.0289. The van der Waals surface area contributed by atoms with Crippen LogP contribution in [0.1, 0.15) is 10.4 Å². The number of carbonyl (C=O) groups is 1. The molecule has 0 fully saturated rings. The zero-order valence-electron chi connectivity index (χ0n) is 12.4. The van der Waals surface area contributed by atoms with Gasteiger partial charge in [-0.3, -0.25) is 0 Å². The molecular formula is C19H6O6. The van der Waals surface area contributed by atoms with Crippen molar-refractivity contribution in [3.8, 4) is 0 Å². The first kappa shape index (κ1) is 15.9. The Labute approximate surface area is 137 Å². The summed E-state index contributed by atoms with van der Waals surface area (Å²) in [6, 6.07) is 7.45. The highest BCUT2D eigenvalue weighted by molar-refractivity contribution is 6.17. The molecule has 1 N–H and O–H groups in total. The van der Waals surface area contributed by atoms with Crippen LogP contribution in [0.3, 0.4) is 0 Å². The molecule has 3 aromatic rings. The zero-order valence-corrected chi connectivity index (χ0v) is 12.4. The summed E-state index contributed by atoms with van der Waals surface area (Å²) in [4.78, 5) is 57.0. The van der Waals surface area contributed by atoms with Gasteiger partial charge in [-0.2, -0.15) is 0 Å². The van der Waals surface area contributed by atoms with E-state index in [1.807, 2.05) is 0 Å². The number of carbonyl (C=O) groups excluding carboxylic acids is 4. The van der Waals surface area contributed by atoms with E-state index in [0.717, 1.165) is 0 Å². The van der Waals surface area contributed by atoms with Gasteiger partial charge in [0, 0.05) is 16.2 Å². The van der Waals surface area contributed by atoms with Crippen molar-refractivity contribution in [2.45, 2.75) is 0 Å². The van der Waals surface area contributed by atoms with Crippen LogP contribution >= 0.6 is 0 Å². The number of aromatic carboxylic acids is 1. The number of rotatable bonds is 1. The Morgan fingerprint density at radius 2 is 1.32 bits per heavy atom. The molecular weight excluding hydrogens is 324 g/mol. The van der Waals surface area contributed by atoms with Crippen molar-refractivity contribution >= 4 is 51.3 Å². The first-order valence-electron chi connectivity index (χ1n) is 6.90. The molecule has 0 bridgehead atoms. The quantitative estimate of drug-likeness (QED) is 0.503. The summed E-state index contributed by atoms with van der Waals surface area (Å²) in [6.45, 7) is 0. The van der Waals surface area contributed by atoms with Gasteiger partial charge < -0.3 is 5.11 Å². The first-order valence-corrected chi connectivity index (χ1v) is 6.90. The highest BCUT2D eigenvalue weighted by Crippen LogP contribution is 2.24. The van der Waals surface area contributed by atoms with Crippen LogP contribution in [0.5, 0.6) is 0 Å². The third-order valence-electron chi connectivity index (χ3n) is 3.95. The van der Waals surface area contributed by atoms with Crippen LogP contribution in [-0.4, -0.2) is 34.8 Å². The second kappa shape index (κ2) is 5.88. The number of hydrogen-bond acceptors (Lipinski definition) is 5. The maximum absolute atomic E-state index is 11.6. The molecule has 0 saturated heterocycles. The molecule has 3 rings (SSSR count). The number of carboxylic acid groups (broad SMARTS) is 1. The molecule has 0 amide bonds. The number of carboxylic acids is 1. The minimum atomic E-state index is -1.26. The summed E-state index contributed by atoms with van der Waals surface area (Å²) >= 11 is 0. The molecule has 6 heteroatoms. The van der Waals surface area contributed by atoms with Gasteiger partial charge >= 0.3 is 5.97 Å². The van der Waals surface area contributed by atoms with E-state index in [-0.39, 0.29) is 32.2 Å². The molecule has 0 saturated carbocycles. The van der Waals surface area contributed by atoms with E-state index in [9.17, 15) is 29.1 Å². The minimum Gasteiger partial charge on any atom is -0.478 e. The predicted molar refractivity (Wildman–Crippen MR) is 86.1 cm³/mol.